The van der Waals surface area contributed by atoms with Crippen molar-refractivity contribution in [3.8, 4) is 5.75 Å². The highest BCUT2D eigenvalue weighted by Crippen LogP contribution is 2.35. The molecule has 1 atom stereocenters. The van der Waals surface area contributed by atoms with Crippen molar-refractivity contribution < 1.29 is 22.7 Å². The quantitative estimate of drug-likeness (QED) is 0.334. The van der Waals surface area contributed by atoms with Crippen LogP contribution < -0.4 is 14.4 Å². The third-order valence-electron chi connectivity index (χ3n) is 6.05. The second kappa shape index (κ2) is 12.9. The van der Waals surface area contributed by atoms with Crippen molar-refractivity contribution in [1.82, 2.24) is 10.2 Å². The molecule has 1 N–H and O–H groups in total. The van der Waals surface area contributed by atoms with Crippen LogP contribution in [0.25, 0.3) is 0 Å². The number of likely N-dealkylation sites (N-methyl/N-ethyl adjacent to an activating group) is 1. The van der Waals surface area contributed by atoms with Crippen molar-refractivity contribution in [3.63, 3.8) is 0 Å². The van der Waals surface area contributed by atoms with Gasteiger partial charge >= 0.3 is 0 Å². The van der Waals surface area contributed by atoms with Crippen molar-refractivity contribution >= 4 is 62.3 Å². The fourth-order valence-corrected chi connectivity index (χ4v) is 5.74. The minimum Gasteiger partial charge on any atom is -0.495 e. The molecule has 3 rings (SSSR count). The second-order valence-corrected chi connectivity index (χ2v) is 11.8. The van der Waals surface area contributed by atoms with Crippen LogP contribution in [0.2, 0.25) is 15.1 Å². The fourth-order valence-electron chi connectivity index (χ4n) is 3.84. The molecular weight excluding hydrogens is 585 g/mol. The number of benzene rings is 3. The van der Waals surface area contributed by atoms with Gasteiger partial charge in [-0.25, -0.2) is 8.42 Å². The monoisotopic (exact) mass is 611 g/mol. The highest BCUT2D eigenvalue weighted by Gasteiger charge is 2.33. The van der Waals surface area contributed by atoms with Gasteiger partial charge in [0.05, 0.1) is 27.7 Å². The first-order valence-corrected chi connectivity index (χ1v) is 14.3. The van der Waals surface area contributed by atoms with E-state index in [4.69, 9.17) is 39.5 Å². The minimum atomic E-state index is -4.28. The third kappa shape index (κ3) is 7.16. The number of halogens is 3. The van der Waals surface area contributed by atoms with Crippen LogP contribution in [-0.4, -0.2) is 51.9 Å². The van der Waals surface area contributed by atoms with Crippen molar-refractivity contribution in [2.75, 3.05) is 25.0 Å². The van der Waals surface area contributed by atoms with Crippen LogP contribution >= 0.6 is 34.8 Å². The molecule has 0 fully saturated rings. The van der Waals surface area contributed by atoms with E-state index in [-0.39, 0.29) is 32.9 Å². The Morgan fingerprint density at radius 1 is 0.974 bits per heavy atom. The van der Waals surface area contributed by atoms with Crippen LogP contribution in [0, 0.1) is 6.92 Å². The Hall–Kier alpha value is -2.98. The van der Waals surface area contributed by atoms with Gasteiger partial charge in [-0.2, -0.15) is 0 Å². The molecular formula is C27H28Cl3N3O5S. The summed E-state index contributed by atoms with van der Waals surface area (Å²) in [6.07, 6.45) is 0. The van der Waals surface area contributed by atoms with Crippen LogP contribution in [0.4, 0.5) is 5.69 Å². The molecule has 2 amide bonds. The molecule has 208 valence electrons. The summed E-state index contributed by atoms with van der Waals surface area (Å²) in [6, 6.07) is 14.6. The van der Waals surface area contributed by atoms with Crippen LogP contribution in [0.5, 0.6) is 5.75 Å². The number of carbonyl (C=O) groups excluding carboxylic acids is 2. The summed E-state index contributed by atoms with van der Waals surface area (Å²) in [5.41, 5.74) is 1.53. The molecule has 0 bridgehead atoms. The van der Waals surface area contributed by atoms with E-state index >= 15 is 0 Å². The molecule has 0 aliphatic rings. The molecule has 0 spiro atoms. The lowest BCUT2D eigenvalue weighted by atomic mass is 10.1. The van der Waals surface area contributed by atoms with Crippen LogP contribution in [0.1, 0.15) is 18.1 Å². The summed E-state index contributed by atoms with van der Waals surface area (Å²) in [6.45, 7) is 2.71. The zero-order valence-corrected chi connectivity index (χ0v) is 24.8. The van der Waals surface area contributed by atoms with E-state index in [1.165, 1.54) is 43.3 Å². The van der Waals surface area contributed by atoms with Gasteiger partial charge in [0.1, 0.15) is 18.3 Å². The summed E-state index contributed by atoms with van der Waals surface area (Å²) < 4.78 is 34.2. The van der Waals surface area contributed by atoms with Gasteiger partial charge in [-0.1, -0.05) is 58.6 Å². The predicted octanol–water partition coefficient (Wildman–Crippen LogP) is 5.32. The third-order valence-corrected chi connectivity index (χ3v) is 8.80. The maximum atomic E-state index is 13.9. The molecule has 0 aromatic heterocycles. The molecule has 0 radical (unpaired) electrons. The molecule has 0 saturated carbocycles. The number of rotatable bonds is 10. The molecule has 39 heavy (non-hydrogen) atoms. The second-order valence-electron chi connectivity index (χ2n) is 8.70. The van der Waals surface area contributed by atoms with Crippen LogP contribution in [-0.2, 0) is 26.2 Å². The van der Waals surface area contributed by atoms with Gasteiger partial charge < -0.3 is 15.0 Å². The van der Waals surface area contributed by atoms with E-state index in [1.54, 1.807) is 43.3 Å². The summed E-state index contributed by atoms with van der Waals surface area (Å²) in [5, 5.41) is 3.39. The van der Waals surface area contributed by atoms with Gasteiger partial charge in [0.25, 0.3) is 10.0 Å². The lowest BCUT2D eigenvalue weighted by Gasteiger charge is -2.32. The normalized spacial score (nSPS) is 12.0. The molecule has 0 saturated heterocycles. The Bertz CT molecular complexity index is 1470. The SMILES string of the molecule is CNC(=O)[C@H](C)N(Cc1ccc(Cl)c(Cl)c1)C(=O)CN(c1cc(Cl)ccc1OC)S(=O)(=O)c1ccc(C)cc1. The first-order valence-electron chi connectivity index (χ1n) is 11.8. The minimum absolute atomic E-state index is 0.0293. The number of carbonyl (C=O) groups is 2. The van der Waals surface area contributed by atoms with Gasteiger partial charge in [0.15, 0.2) is 0 Å². The summed E-state index contributed by atoms with van der Waals surface area (Å²) in [5.74, 6) is -0.884. The lowest BCUT2D eigenvalue weighted by molar-refractivity contribution is -0.139. The molecule has 8 nitrogen and oxygen atoms in total. The van der Waals surface area contributed by atoms with Crippen LogP contribution in [0.15, 0.2) is 65.6 Å². The molecule has 3 aromatic rings. The Morgan fingerprint density at radius 2 is 1.64 bits per heavy atom. The largest absolute Gasteiger partial charge is 0.495 e. The maximum Gasteiger partial charge on any atom is 0.264 e. The Morgan fingerprint density at radius 3 is 2.23 bits per heavy atom. The lowest BCUT2D eigenvalue weighted by Crippen LogP contribution is -2.50. The van der Waals surface area contributed by atoms with E-state index < -0.39 is 34.4 Å². The zero-order chi connectivity index (χ0) is 28.9. The van der Waals surface area contributed by atoms with Gasteiger partial charge in [-0.15, -0.1) is 0 Å². The van der Waals surface area contributed by atoms with Crippen molar-refractivity contribution in [2.24, 2.45) is 0 Å². The van der Waals surface area contributed by atoms with E-state index in [2.05, 4.69) is 5.32 Å². The van der Waals surface area contributed by atoms with E-state index in [1.807, 2.05) is 6.92 Å². The molecule has 3 aromatic carbocycles. The van der Waals surface area contributed by atoms with E-state index in [9.17, 15) is 18.0 Å². The van der Waals surface area contributed by atoms with Gasteiger partial charge in [0.2, 0.25) is 11.8 Å². The number of hydrogen-bond donors (Lipinski definition) is 1. The molecule has 0 unspecified atom stereocenters. The highest BCUT2D eigenvalue weighted by atomic mass is 35.5. The van der Waals surface area contributed by atoms with Crippen molar-refractivity contribution in [3.05, 3.63) is 86.9 Å². The summed E-state index contributed by atoms with van der Waals surface area (Å²) in [4.78, 5) is 27.7. The average molecular weight is 613 g/mol. The molecule has 12 heteroatoms. The maximum absolute atomic E-state index is 13.9. The van der Waals surface area contributed by atoms with Crippen molar-refractivity contribution in [2.45, 2.75) is 31.3 Å². The number of anilines is 1. The first kappa shape index (κ1) is 30.6. The first-order chi connectivity index (χ1) is 18.4. The Labute approximate surface area is 243 Å². The Balaban J connectivity index is 2.11. The number of amides is 2. The fraction of sp³-hybridized carbons (Fsp3) is 0.259. The summed E-state index contributed by atoms with van der Waals surface area (Å²) in [7, 11) is -1.44. The summed E-state index contributed by atoms with van der Waals surface area (Å²) >= 11 is 18.4. The van der Waals surface area contributed by atoms with Crippen molar-refractivity contribution in [1.29, 1.82) is 0 Å². The van der Waals surface area contributed by atoms with E-state index in [0.29, 0.717) is 10.6 Å². The number of methoxy groups -OCH3 is 1. The Kier molecular flexibility index (Phi) is 10.1. The number of ether oxygens (including phenoxy) is 1. The van der Waals surface area contributed by atoms with E-state index in [0.717, 1.165) is 9.87 Å². The highest BCUT2D eigenvalue weighted by molar-refractivity contribution is 7.92. The topological polar surface area (TPSA) is 96.0 Å². The van der Waals surface area contributed by atoms with Gasteiger partial charge in [-0.3, -0.25) is 13.9 Å². The predicted molar refractivity (Wildman–Crippen MR) is 154 cm³/mol. The average Bonchev–Trinajstić information content (AvgIpc) is 2.91. The smallest absolute Gasteiger partial charge is 0.264 e. The van der Waals surface area contributed by atoms with Gasteiger partial charge in [-0.05, 0) is 61.9 Å². The standard InChI is InChI=1S/C27H28Cl3N3O5S/c1-17-5-9-21(10-6-17)39(36,37)33(24-14-20(28)8-12-25(24)38-4)16-26(34)32(18(2)27(35)31-3)15-19-7-11-22(29)23(30)13-19/h5-14,18H,15-16H2,1-4H3,(H,31,35)/t18-/m0/s1. The molecule has 0 aliphatic heterocycles. The number of hydrogen-bond acceptors (Lipinski definition) is 5. The molecule has 0 heterocycles. The van der Waals surface area contributed by atoms with Crippen LogP contribution in [0.3, 0.4) is 0 Å². The number of nitrogens with zero attached hydrogens (tertiary/aromatic N) is 2. The number of aryl methyl sites for hydroxylation is 1. The molecule has 0 aliphatic carbocycles. The number of sulfonamides is 1. The zero-order valence-electron chi connectivity index (χ0n) is 21.7. The van der Waals surface area contributed by atoms with Gasteiger partial charge in [0, 0.05) is 18.6 Å². The number of nitrogens with one attached hydrogen (secondary N) is 1.